The van der Waals surface area contributed by atoms with Gasteiger partial charge in [-0.25, -0.2) is 13.4 Å². The molecule has 2 aromatic heterocycles. The molecule has 0 amide bonds. The van der Waals surface area contributed by atoms with E-state index >= 15 is 0 Å². The maximum atomic E-state index is 12.4. The summed E-state index contributed by atoms with van der Waals surface area (Å²) >= 11 is 3.46. The first kappa shape index (κ1) is 18.1. The Labute approximate surface area is 160 Å². The van der Waals surface area contributed by atoms with Gasteiger partial charge in [0.05, 0.1) is 23.0 Å². The minimum atomic E-state index is -3.85. The first-order chi connectivity index (χ1) is 12.8. The fraction of sp³-hybridized carbons (Fsp3) is 0.267. The van der Waals surface area contributed by atoms with Gasteiger partial charge in [0, 0.05) is 29.8 Å². The van der Waals surface area contributed by atoms with Gasteiger partial charge in [0.25, 0.3) is 0 Å². The van der Waals surface area contributed by atoms with E-state index in [4.69, 9.17) is 0 Å². The van der Waals surface area contributed by atoms with Crippen LogP contribution in [0.5, 0.6) is 0 Å². The number of hydrogen-bond donors (Lipinski definition) is 1. The highest BCUT2D eigenvalue weighted by Crippen LogP contribution is 2.26. The van der Waals surface area contributed by atoms with Gasteiger partial charge in [-0.2, -0.15) is 8.42 Å². The molecule has 0 radical (unpaired) electrons. The molecular formula is C15H13BrN4O6S. The molecule has 3 aromatic rings. The second kappa shape index (κ2) is 6.71. The molecule has 27 heavy (non-hydrogen) atoms. The fourth-order valence-corrected chi connectivity index (χ4v) is 4.17. The van der Waals surface area contributed by atoms with Gasteiger partial charge in [-0.05, 0) is 34.5 Å². The molecule has 1 aromatic carbocycles. The third-order valence-corrected chi connectivity index (χ3v) is 5.63. The summed E-state index contributed by atoms with van der Waals surface area (Å²) in [4.78, 5) is 30.9. The first-order valence-corrected chi connectivity index (χ1v) is 10.0. The molecule has 0 saturated carbocycles. The second-order valence-corrected chi connectivity index (χ2v) is 7.93. The van der Waals surface area contributed by atoms with Crippen LogP contribution >= 0.6 is 15.9 Å². The van der Waals surface area contributed by atoms with Crippen molar-refractivity contribution in [2.75, 3.05) is 0 Å². The van der Waals surface area contributed by atoms with E-state index in [1.165, 1.54) is 4.57 Å². The molecule has 1 N–H and O–H groups in total. The topological polar surface area (TPSA) is 125 Å². The monoisotopic (exact) mass is 456 g/mol. The lowest BCUT2D eigenvalue weighted by Crippen LogP contribution is -2.38. The molecular weight excluding hydrogens is 444 g/mol. The highest BCUT2D eigenvalue weighted by molar-refractivity contribution is 9.10. The van der Waals surface area contributed by atoms with Crippen molar-refractivity contribution in [2.45, 2.75) is 25.7 Å². The summed E-state index contributed by atoms with van der Waals surface area (Å²) in [6.45, 7) is 0.202. The molecule has 1 fully saturated rings. The molecule has 1 saturated heterocycles. The summed E-state index contributed by atoms with van der Waals surface area (Å²) in [5, 5.41) is 0. The maximum Gasteiger partial charge on any atom is 0.404 e. The lowest BCUT2D eigenvalue weighted by Gasteiger charge is -2.24. The number of H-pyrrole nitrogens is 1. The van der Waals surface area contributed by atoms with Crippen molar-refractivity contribution in [1.82, 2.24) is 19.1 Å². The summed E-state index contributed by atoms with van der Waals surface area (Å²) < 4.78 is 34.6. The van der Waals surface area contributed by atoms with Crippen molar-refractivity contribution < 1.29 is 16.8 Å². The summed E-state index contributed by atoms with van der Waals surface area (Å²) in [6.07, 6.45) is 4.80. The van der Waals surface area contributed by atoms with Gasteiger partial charge in [-0.1, -0.05) is 0 Å². The molecule has 3 heterocycles. The number of aromatic amines is 1. The van der Waals surface area contributed by atoms with E-state index in [1.54, 1.807) is 35.4 Å². The summed E-state index contributed by atoms with van der Waals surface area (Å²) in [5.41, 5.74) is 0.355. The van der Waals surface area contributed by atoms with Crippen LogP contribution in [0.4, 0.5) is 0 Å². The summed E-state index contributed by atoms with van der Waals surface area (Å²) in [7, 11) is -3.85. The van der Waals surface area contributed by atoms with Gasteiger partial charge < -0.3 is 14.1 Å². The number of benzene rings is 1. The van der Waals surface area contributed by atoms with Crippen LogP contribution in [-0.4, -0.2) is 33.8 Å². The van der Waals surface area contributed by atoms with Gasteiger partial charge in [0.2, 0.25) is 0 Å². The van der Waals surface area contributed by atoms with Crippen molar-refractivity contribution in [1.29, 1.82) is 0 Å². The molecule has 0 spiro atoms. The fourth-order valence-electron chi connectivity index (χ4n) is 2.89. The van der Waals surface area contributed by atoms with E-state index in [-0.39, 0.29) is 13.0 Å². The van der Waals surface area contributed by atoms with Crippen LogP contribution in [0.15, 0.2) is 44.9 Å². The Hall–Kier alpha value is -2.28. The van der Waals surface area contributed by atoms with Gasteiger partial charge >= 0.3 is 21.5 Å². The molecule has 4 rings (SSSR count). The van der Waals surface area contributed by atoms with Gasteiger partial charge in [0.15, 0.2) is 6.29 Å². The molecule has 0 bridgehead atoms. The molecule has 0 aliphatic carbocycles. The van der Waals surface area contributed by atoms with E-state index in [9.17, 15) is 18.0 Å². The molecule has 142 valence electrons. The predicted octanol–water partition coefficient (Wildman–Crippen LogP) is 1.04. The van der Waals surface area contributed by atoms with Crippen molar-refractivity contribution in [3.05, 3.63) is 56.0 Å². The van der Waals surface area contributed by atoms with Crippen molar-refractivity contribution in [2.24, 2.45) is 0 Å². The number of nitrogens with zero attached hydrogens (tertiary/aromatic N) is 3. The van der Waals surface area contributed by atoms with E-state index in [1.807, 2.05) is 0 Å². The summed E-state index contributed by atoms with van der Waals surface area (Å²) in [6, 6.07) is 3.48. The summed E-state index contributed by atoms with van der Waals surface area (Å²) in [5.74, 6) is 0. The molecule has 0 atom stereocenters. The van der Waals surface area contributed by atoms with E-state index in [2.05, 4.69) is 34.3 Å². The van der Waals surface area contributed by atoms with Gasteiger partial charge in [-0.3, -0.25) is 9.59 Å². The lowest BCUT2D eigenvalue weighted by molar-refractivity contribution is -0.0844. The Kier molecular flexibility index (Phi) is 4.50. The maximum absolute atomic E-state index is 12.4. The number of aromatic nitrogens is 4. The third-order valence-electron chi connectivity index (χ3n) is 4.10. The van der Waals surface area contributed by atoms with Crippen LogP contribution in [0.1, 0.15) is 12.8 Å². The Balaban J connectivity index is 1.69. The minimum Gasteiger partial charge on any atom is -0.316 e. The quantitative estimate of drug-likeness (QED) is 0.568. The number of hydrogen-bond acceptors (Lipinski definition) is 7. The molecule has 10 nitrogen and oxygen atoms in total. The van der Waals surface area contributed by atoms with Crippen LogP contribution < -0.4 is 11.1 Å². The average Bonchev–Trinajstić information content (AvgIpc) is 3.10. The minimum absolute atomic E-state index is 0.202. The molecule has 1 aliphatic rings. The van der Waals surface area contributed by atoms with E-state index in [0.29, 0.717) is 17.5 Å². The largest absolute Gasteiger partial charge is 0.404 e. The number of nitrogens with one attached hydrogen (secondary N) is 1. The van der Waals surface area contributed by atoms with E-state index in [0.717, 1.165) is 10.2 Å². The van der Waals surface area contributed by atoms with Crippen molar-refractivity contribution in [3.63, 3.8) is 0 Å². The SMILES string of the molecule is O=c1[nH]c2cc(Br)c(-n3ccnc3)cc2n(CCCC2OS(=O)(=O)O2)c1=O. The number of imidazole rings is 1. The zero-order valence-corrected chi connectivity index (χ0v) is 16.1. The van der Waals surface area contributed by atoms with Crippen LogP contribution in [0.2, 0.25) is 0 Å². The van der Waals surface area contributed by atoms with E-state index < -0.39 is 27.8 Å². The highest BCUT2D eigenvalue weighted by atomic mass is 79.9. The zero-order valence-electron chi connectivity index (χ0n) is 13.7. The Bertz CT molecular complexity index is 1220. The number of aryl methyl sites for hydroxylation is 1. The first-order valence-electron chi connectivity index (χ1n) is 7.90. The smallest absolute Gasteiger partial charge is 0.316 e. The molecule has 12 heteroatoms. The Morgan fingerprint density at radius 2 is 2.04 bits per heavy atom. The Morgan fingerprint density at radius 1 is 1.26 bits per heavy atom. The number of rotatable bonds is 5. The second-order valence-electron chi connectivity index (χ2n) is 5.87. The van der Waals surface area contributed by atoms with Gasteiger partial charge in [-0.15, -0.1) is 0 Å². The number of fused-ring (bicyclic) bond motifs is 1. The predicted molar refractivity (Wildman–Crippen MR) is 97.8 cm³/mol. The highest BCUT2D eigenvalue weighted by Gasteiger charge is 2.35. The Morgan fingerprint density at radius 3 is 2.70 bits per heavy atom. The van der Waals surface area contributed by atoms with Crippen molar-refractivity contribution >= 4 is 37.4 Å². The lowest BCUT2D eigenvalue weighted by atomic mass is 10.2. The standard InChI is InChI=1S/C15H13BrN4O6S/c16-9-6-10-12(7-11(9)19-5-3-17-8-19)20(15(22)14(21)18-10)4-1-2-13-25-27(23,24)26-13/h3,5-8,13H,1-2,4H2,(H,18,21). The number of halogens is 1. The molecule has 0 unspecified atom stereocenters. The van der Waals surface area contributed by atoms with Crippen LogP contribution in [0.25, 0.3) is 16.7 Å². The van der Waals surface area contributed by atoms with Crippen LogP contribution in [0.3, 0.4) is 0 Å². The average molecular weight is 457 g/mol. The zero-order chi connectivity index (χ0) is 19.2. The van der Waals surface area contributed by atoms with Crippen LogP contribution in [0, 0.1) is 0 Å². The normalized spacial score (nSPS) is 16.5. The van der Waals surface area contributed by atoms with Crippen LogP contribution in [-0.2, 0) is 25.3 Å². The van der Waals surface area contributed by atoms with Crippen molar-refractivity contribution in [3.8, 4) is 5.69 Å². The molecule has 1 aliphatic heterocycles. The third kappa shape index (κ3) is 3.48. The van der Waals surface area contributed by atoms with Gasteiger partial charge in [0.1, 0.15) is 0 Å².